The standard InChI is InChI=1S/C25H17ClFNO5/c1-13-7-6-12-18(20(13)26)28-24(31)22(30)19(21(29)16-10-4-5-11-17(16)27)23-14-8-2-3-9-15(14)25(32)33-23/h2-12,19,23H,1H3,(H,28,31)/t19-,23-/m1/s1. The van der Waals surface area contributed by atoms with E-state index in [2.05, 4.69) is 5.32 Å². The van der Waals surface area contributed by atoms with Crippen LogP contribution in [0.3, 0.4) is 0 Å². The number of hydrogen-bond acceptors (Lipinski definition) is 5. The van der Waals surface area contributed by atoms with E-state index in [-0.39, 0.29) is 21.8 Å². The fourth-order valence-electron chi connectivity index (χ4n) is 3.71. The molecule has 1 aliphatic heterocycles. The first-order chi connectivity index (χ1) is 15.8. The highest BCUT2D eigenvalue weighted by Gasteiger charge is 2.46. The summed E-state index contributed by atoms with van der Waals surface area (Å²) in [5.41, 5.74) is 0.892. The van der Waals surface area contributed by atoms with Crippen LogP contribution in [0.2, 0.25) is 5.02 Å². The van der Waals surface area contributed by atoms with Crippen molar-refractivity contribution in [2.24, 2.45) is 5.92 Å². The molecule has 6 nitrogen and oxygen atoms in total. The molecule has 0 fully saturated rings. The van der Waals surface area contributed by atoms with E-state index in [4.69, 9.17) is 16.3 Å². The number of halogens is 2. The van der Waals surface area contributed by atoms with Crippen molar-refractivity contribution in [2.45, 2.75) is 13.0 Å². The van der Waals surface area contributed by atoms with Crippen LogP contribution in [0.15, 0.2) is 66.7 Å². The smallest absolute Gasteiger partial charge is 0.339 e. The molecule has 3 aromatic carbocycles. The van der Waals surface area contributed by atoms with E-state index in [0.717, 1.165) is 6.07 Å². The van der Waals surface area contributed by atoms with Crippen molar-refractivity contribution < 1.29 is 28.3 Å². The lowest BCUT2D eigenvalue weighted by atomic mass is 9.84. The van der Waals surface area contributed by atoms with E-state index in [1.807, 2.05) is 0 Å². The maximum absolute atomic E-state index is 14.4. The maximum atomic E-state index is 14.4. The molecule has 8 heteroatoms. The monoisotopic (exact) mass is 465 g/mol. The number of fused-ring (bicyclic) bond motifs is 1. The molecular formula is C25H17ClFNO5. The van der Waals surface area contributed by atoms with Gasteiger partial charge >= 0.3 is 5.97 Å². The zero-order chi connectivity index (χ0) is 23.7. The average Bonchev–Trinajstić information content (AvgIpc) is 3.13. The fraction of sp³-hybridized carbons (Fsp3) is 0.120. The third kappa shape index (κ3) is 4.15. The lowest BCUT2D eigenvalue weighted by Crippen LogP contribution is -2.38. The normalized spacial score (nSPS) is 15.4. The van der Waals surface area contributed by atoms with Crippen LogP contribution in [-0.2, 0) is 14.3 Å². The van der Waals surface area contributed by atoms with Crippen molar-refractivity contribution in [3.8, 4) is 0 Å². The summed E-state index contributed by atoms with van der Waals surface area (Å²) in [5, 5.41) is 2.63. The van der Waals surface area contributed by atoms with Crippen molar-refractivity contribution in [2.75, 3.05) is 5.32 Å². The van der Waals surface area contributed by atoms with Gasteiger partial charge in [-0.3, -0.25) is 14.4 Å². The Hall–Kier alpha value is -3.84. The Morgan fingerprint density at radius 2 is 1.70 bits per heavy atom. The Kier molecular flexibility index (Phi) is 6.07. The number of anilines is 1. The Bertz CT molecular complexity index is 1310. The second-order valence-electron chi connectivity index (χ2n) is 7.49. The van der Waals surface area contributed by atoms with Gasteiger partial charge in [0.15, 0.2) is 5.78 Å². The van der Waals surface area contributed by atoms with Gasteiger partial charge in [0.1, 0.15) is 17.8 Å². The number of nitrogens with one attached hydrogen (secondary N) is 1. The zero-order valence-corrected chi connectivity index (χ0v) is 18.1. The number of aryl methyl sites for hydroxylation is 1. The quantitative estimate of drug-likeness (QED) is 0.246. The molecule has 2 atom stereocenters. The minimum Gasteiger partial charge on any atom is -0.453 e. The van der Waals surface area contributed by atoms with Crippen molar-refractivity contribution in [3.63, 3.8) is 0 Å². The molecular weight excluding hydrogens is 449 g/mol. The summed E-state index contributed by atoms with van der Waals surface area (Å²) < 4.78 is 19.7. The van der Waals surface area contributed by atoms with Crippen molar-refractivity contribution in [1.29, 1.82) is 0 Å². The number of carbonyl (C=O) groups is 4. The Morgan fingerprint density at radius 3 is 2.45 bits per heavy atom. The van der Waals surface area contributed by atoms with Crippen LogP contribution in [0.25, 0.3) is 0 Å². The van der Waals surface area contributed by atoms with Gasteiger partial charge in [-0.25, -0.2) is 9.18 Å². The van der Waals surface area contributed by atoms with Crippen LogP contribution in [0, 0.1) is 18.7 Å². The highest BCUT2D eigenvalue weighted by molar-refractivity contribution is 6.46. The first kappa shape index (κ1) is 22.4. The van der Waals surface area contributed by atoms with Gasteiger partial charge in [0.25, 0.3) is 5.91 Å². The first-order valence-electron chi connectivity index (χ1n) is 9.98. The molecule has 1 amide bonds. The number of Topliss-reactive ketones (excluding diaryl/α,β-unsaturated/α-hetero) is 2. The summed E-state index contributed by atoms with van der Waals surface area (Å²) in [6, 6.07) is 16.2. The highest BCUT2D eigenvalue weighted by Crippen LogP contribution is 2.38. The third-order valence-electron chi connectivity index (χ3n) is 5.39. The number of esters is 1. The molecule has 0 unspecified atom stereocenters. The predicted octanol–water partition coefficient (Wildman–Crippen LogP) is 4.71. The number of amides is 1. The van der Waals surface area contributed by atoms with Crippen LogP contribution >= 0.6 is 11.6 Å². The minimum absolute atomic E-state index is 0.170. The molecule has 0 aliphatic carbocycles. The lowest BCUT2D eigenvalue weighted by molar-refractivity contribution is -0.138. The molecule has 1 N–H and O–H groups in total. The van der Waals surface area contributed by atoms with Crippen LogP contribution < -0.4 is 5.32 Å². The molecule has 1 heterocycles. The summed E-state index contributed by atoms with van der Waals surface area (Å²) in [6.07, 6.45) is -1.38. The highest BCUT2D eigenvalue weighted by atomic mass is 35.5. The number of rotatable bonds is 6. The third-order valence-corrected chi connectivity index (χ3v) is 5.89. The van der Waals surface area contributed by atoms with Crippen molar-refractivity contribution >= 4 is 40.7 Å². The SMILES string of the molecule is Cc1cccc(NC(=O)C(=O)[C@@H](C(=O)c2ccccc2F)[C@@H]2OC(=O)c3ccccc32)c1Cl. The van der Waals surface area contributed by atoms with Crippen molar-refractivity contribution in [1.82, 2.24) is 0 Å². The molecule has 0 radical (unpaired) electrons. The lowest BCUT2D eigenvalue weighted by Gasteiger charge is -2.21. The average molecular weight is 466 g/mol. The van der Waals surface area contributed by atoms with Gasteiger partial charge in [0, 0.05) is 5.56 Å². The van der Waals surface area contributed by atoms with Crippen LogP contribution in [0.4, 0.5) is 10.1 Å². The number of hydrogen-bond donors (Lipinski definition) is 1. The fourth-order valence-corrected chi connectivity index (χ4v) is 3.89. The number of carbonyl (C=O) groups excluding carboxylic acids is 4. The van der Waals surface area contributed by atoms with Crippen LogP contribution in [-0.4, -0.2) is 23.4 Å². The Morgan fingerprint density at radius 1 is 1.00 bits per heavy atom. The first-order valence-corrected chi connectivity index (χ1v) is 10.4. The van der Waals surface area contributed by atoms with Crippen molar-refractivity contribution in [3.05, 3.63) is 99.8 Å². The molecule has 4 rings (SSSR count). The van der Waals surface area contributed by atoms with Crippen LogP contribution in [0.1, 0.15) is 37.9 Å². The summed E-state index contributed by atoms with van der Waals surface area (Å²) in [7, 11) is 0. The number of cyclic esters (lactones) is 1. The van der Waals surface area contributed by atoms with E-state index in [1.165, 1.54) is 36.4 Å². The van der Waals surface area contributed by atoms with Gasteiger partial charge in [-0.15, -0.1) is 0 Å². The van der Waals surface area contributed by atoms with Gasteiger partial charge in [0.2, 0.25) is 5.78 Å². The maximum Gasteiger partial charge on any atom is 0.339 e. The molecule has 0 saturated carbocycles. The Labute approximate surface area is 193 Å². The zero-order valence-electron chi connectivity index (χ0n) is 17.3. The summed E-state index contributed by atoms with van der Waals surface area (Å²) in [5.74, 6) is -6.69. The second-order valence-corrected chi connectivity index (χ2v) is 7.87. The minimum atomic E-state index is -1.79. The molecule has 0 saturated heterocycles. The van der Waals surface area contributed by atoms with Gasteiger partial charge < -0.3 is 10.1 Å². The number of ether oxygens (including phenoxy) is 1. The summed E-state index contributed by atoms with van der Waals surface area (Å²) >= 11 is 6.20. The van der Waals surface area contributed by atoms with Crippen LogP contribution in [0.5, 0.6) is 0 Å². The predicted molar refractivity (Wildman–Crippen MR) is 119 cm³/mol. The molecule has 33 heavy (non-hydrogen) atoms. The van der Waals surface area contributed by atoms with Gasteiger partial charge in [-0.2, -0.15) is 0 Å². The van der Waals surface area contributed by atoms with E-state index >= 15 is 0 Å². The molecule has 3 aromatic rings. The van der Waals surface area contributed by atoms with E-state index in [9.17, 15) is 23.6 Å². The molecule has 0 aromatic heterocycles. The summed E-state index contributed by atoms with van der Waals surface area (Å²) in [6.45, 7) is 1.72. The van der Waals surface area contributed by atoms with E-state index in [0.29, 0.717) is 5.56 Å². The topological polar surface area (TPSA) is 89.5 Å². The molecule has 0 bridgehead atoms. The molecule has 1 aliphatic rings. The van der Waals surface area contributed by atoms with E-state index < -0.39 is 46.8 Å². The van der Waals surface area contributed by atoms with Gasteiger partial charge in [-0.1, -0.05) is 54.1 Å². The molecule has 0 spiro atoms. The Balaban J connectivity index is 1.74. The molecule has 166 valence electrons. The summed E-state index contributed by atoms with van der Waals surface area (Å²) in [4.78, 5) is 51.8. The number of benzene rings is 3. The largest absolute Gasteiger partial charge is 0.453 e. The second kappa shape index (κ2) is 8.96. The van der Waals surface area contributed by atoms with E-state index in [1.54, 1.807) is 31.2 Å². The van der Waals surface area contributed by atoms with Gasteiger partial charge in [0.05, 0.1) is 21.8 Å². The number of ketones is 2. The van der Waals surface area contributed by atoms with Gasteiger partial charge in [-0.05, 0) is 36.8 Å².